The van der Waals surface area contributed by atoms with Gasteiger partial charge >= 0.3 is 0 Å². The Morgan fingerprint density at radius 2 is 1.64 bits per heavy atom. The van der Waals surface area contributed by atoms with Gasteiger partial charge in [0.15, 0.2) is 0 Å². The zero-order valence-electron chi connectivity index (χ0n) is 16.6. The number of rotatable bonds is 9. The molecule has 0 unspecified atom stereocenters. The van der Waals surface area contributed by atoms with Gasteiger partial charge in [-0.05, 0) is 29.4 Å². The zero-order chi connectivity index (χ0) is 19.8. The van der Waals surface area contributed by atoms with Crippen LogP contribution in [0.5, 0.6) is 0 Å². The lowest BCUT2D eigenvalue weighted by atomic mass is 9.96. The number of benzene rings is 3. The summed E-state index contributed by atoms with van der Waals surface area (Å²) < 4.78 is 0. The molecule has 0 radical (unpaired) electrons. The lowest BCUT2D eigenvalue weighted by Crippen LogP contribution is -2.26. The van der Waals surface area contributed by atoms with Crippen molar-refractivity contribution >= 4 is 29.1 Å². The average molecular weight is 393 g/mol. The van der Waals surface area contributed by atoms with Gasteiger partial charge in [-0.15, -0.1) is 0 Å². The molecule has 4 heteroatoms. The minimum Gasteiger partial charge on any atom is -0.394 e. The Kier molecular flexibility index (Phi) is 7.52. The quantitative estimate of drug-likeness (QED) is 0.229. The van der Waals surface area contributed by atoms with Crippen LogP contribution in [0, 0.1) is 0 Å². The molecular weight excluding hydrogens is 364 g/mol. The van der Waals surface area contributed by atoms with E-state index in [4.69, 9.17) is 4.84 Å². The molecule has 3 rings (SSSR count). The van der Waals surface area contributed by atoms with Crippen LogP contribution in [0.4, 0.5) is 0 Å². The van der Waals surface area contributed by atoms with Gasteiger partial charge in [-0.1, -0.05) is 85.7 Å². The van der Waals surface area contributed by atoms with E-state index in [2.05, 4.69) is 103 Å². The molecule has 0 aromatic heterocycles. The van der Waals surface area contributed by atoms with Crippen LogP contribution in [0.15, 0.2) is 71.9 Å². The third kappa shape index (κ3) is 4.94. The molecule has 0 aliphatic carbocycles. The monoisotopic (exact) mass is 392 g/mol. The first-order chi connectivity index (χ1) is 13.8. The van der Waals surface area contributed by atoms with Crippen molar-refractivity contribution in [2.24, 2.45) is 5.16 Å². The van der Waals surface area contributed by atoms with Crippen molar-refractivity contribution in [3.63, 3.8) is 0 Å². The van der Waals surface area contributed by atoms with Gasteiger partial charge < -0.3 is 9.74 Å². The molecule has 3 aromatic rings. The maximum Gasteiger partial charge on any atom is 0.129 e. The Hall–Kier alpha value is -2.30. The molecular formula is C24H28N2OS. The summed E-state index contributed by atoms with van der Waals surface area (Å²) in [5.41, 5.74) is 4.18. The SMILES string of the molecule is CCN(CC)CCO/N=C(/c1ccc(CS)cc1)c1cccc2ccccc12. The maximum atomic E-state index is 5.78. The van der Waals surface area contributed by atoms with Crippen molar-refractivity contribution in [1.82, 2.24) is 4.90 Å². The Balaban J connectivity index is 1.95. The predicted molar refractivity (Wildman–Crippen MR) is 122 cm³/mol. The lowest BCUT2D eigenvalue weighted by molar-refractivity contribution is 0.114. The summed E-state index contributed by atoms with van der Waals surface area (Å²) in [5.74, 6) is 0.724. The van der Waals surface area contributed by atoms with Crippen molar-refractivity contribution < 1.29 is 4.84 Å². The van der Waals surface area contributed by atoms with E-state index >= 15 is 0 Å². The van der Waals surface area contributed by atoms with E-state index < -0.39 is 0 Å². The van der Waals surface area contributed by atoms with Gasteiger partial charge in [-0.2, -0.15) is 12.6 Å². The summed E-state index contributed by atoms with van der Waals surface area (Å²) in [6.45, 7) is 7.81. The van der Waals surface area contributed by atoms with E-state index in [1.807, 2.05) is 0 Å². The normalized spacial score (nSPS) is 11.9. The van der Waals surface area contributed by atoms with E-state index in [9.17, 15) is 0 Å². The van der Waals surface area contributed by atoms with Crippen LogP contribution in [0.3, 0.4) is 0 Å². The summed E-state index contributed by atoms with van der Waals surface area (Å²) in [6.07, 6.45) is 0. The number of oxime groups is 1. The second-order valence-corrected chi connectivity index (χ2v) is 7.00. The lowest BCUT2D eigenvalue weighted by Gasteiger charge is -2.17. The smallest absolute Gasteiger partial charge is 0.129 e. The van der Waals surface area contributed by atoms with Crippen LogP contribution >= 0.6 is 12.6 Å². The van der Waals surface area contributed by atoms with E-state index in [1.54, 1.807) is 0 Å². The van der Waals surface area contributed by atoms with Crippen LogP contribution in [0.25, 0.3) is 10.8 Å². The molecule has 0 saturated heterocycles. The summed E-state index contributed by atoms with van der Waals surface area (Å²) in [7, 11) is 0. The maximum absolute atomic E-state index is 5.78. The van der Waals surface area contributed by atoms with Gasteiger partial charge in [0, 0.05) is 23.4 Å². The Labute approximate surface area is 173 Å². The molecule has 28 heavy (non-hydrogen) atoms. The summed E-state index contributed by atoms with van der Waals surface area (Å²) in [4.78, 5) is 8.10. The summed E-state index contributed by atoms with van der Waals surface area (Å²) in [6, 6.07) is 23.1. The van der Waals surface area contributed by atoms with Crippen LogP contribution in [-0.2, 0) is 10.6 Å². The molecule has 0 saturated carbocycles. The van der Waals surface area contributed by atoms with E-state index in [0.29, 0.717) is 6.61 Å². The fraction of sp³-hybridized carbons (Fsp3) is 0.292. The molecule has 3 aromatic carbocycles. The molecule has 0 aliphatic rings. The van der Waals surface area contributed by atoms with Gasteiger partial charge in [-0.3, -0.25) is 0 Å². The van der Waals surface area contributed by atoms with Crippen molar-refractivity contribution in [2.45, 2.75) is 19.6 Å². The molecule has 0 amide bonds. The highest BCUT2D eigenvalue weighted by molar-refractivity contribution is 7.79. The first-order valence-corrected chi connectivity index (χ1v) is 10.5. The molecule has 0 fully saturated rings. The fourth-order valence-electron chi connectivity index (χ4n) is 3.28. The standard InChI is InChI=1S/C24H28N2OS/c1-3-26(4-2)16-17-27-25-24(21-14-12-19(18-28)13-15-21)23-11-7-9-20-8-5-6-10-22(20)23/h5-15,28H,3-4,16-18H2,1-2H3/b25-24-. The number of fused-ring (bicyclic) bond motifs is 1. The minimum absolute atomic E-state index is 0.574. The highest BCUT2D eigenvalue weighted by atomic mass is 32.1. The third-order valence-corrected chi connectivity index (χ3v) is 5.37. The van der Waals surface area contributed by atoms with Gasteiger partial charge in [0.1, 0.15) is 12.3 Å². The fourth-order valence-corrected chi connectivity index (χ4v) is 3.49. The first-order valence-electron chi connectivity index (χ1n) is 9.87. The van der Waals surface area contributed by atoms with Crippen molar-refractivity contribution in [2.75, 3.05) is 26.2 Å². The van der Waals surface area contributed by atoms with E-state index in [1.165, 1.54) is 16.3 Å². The Morgan fingerprint density at radius 1 is 0.929 bits per heavy atom. The summed E-state index contributed by atoms with van der Waals surface area (Å²) >= 11 is 4.36. The van der Waals surface area contributed by atoms with Gasteiger partial charge in [-0.25, -0.2) is 0 Å². The molecule has 0 bridgehead atoms. The minimum atomic E-state index is 0.574. The number of hydrogen-bond acceptors (Lipinski definition) is 4. The molecule has 3 nitrogen and oxygen atoms in total. The van der Waals surface area contributed by atoms with Crippen molar-refractivity contribution in [3.05, 3.63) is 83.4 Å². The van der Waals surface area contributed by atoms with Gasteiger partial charge in [0.05, 0.1) is 0 Å². The number of hydrogen-bond donors (Lipinski definition) is 1. The van der Waals surface area contributed by atoms with Crippen molar-refractivity contribution in [1.29, 1.82) is 0 Å². The van der Waals surface area contributed by atoms with Gasteiger partial charge in [0.2, 0.25) is 0 Å². The van der Waals surface area contributed by atoms with E-state index in [0.717, 1.165) is 42.2 Å². The third-order valence-electron chi connectivity index (χ3n) is 5.00. The molecule has 146 valence electrons. The average Bonchev–Trinajstić information content (AvgIpc) is 2.76. The molecule has 0 spiro atoms. The number of likely N-dealkylation sites (N-methyl/N-ethyl adjacent to an activating group) is 1. The van der Waals surface area contributed by atoms with Crippen LogP contribution in [0.1, 0.15) is 30.5 Å². The van der Waals surface area contributed by atoms with Crippen molar-refractivity contribution in [3.8, 4) is 0 Å². The highest BCUT2D eigenvalue weighted by Gasteiger charge is 2.12. The number of thiol groups is 1. The molecule has 0 atom stereocenters. The van der Waals surface area contributed by atoms with Crippen LogP contribution in [-0.4, -0.2) is 36.9 Å². The Morgan fingerprint density at radius 3 is 2.36 bits per heavy atom. The van der Waals surface area contributed by atoms with Gasteiger partial charge in [0.25, 0.3) is 0 Å². The Bertz CT molecular complexity index is 912. The largest absolute Gasteiger partial charge is 0.394 e. The van der Waals surface area contributed by atoms with E-state index in [-0.39, 0.29) is 0 Å². The topological polar surface area (TPSA) is 24.8 Å². The van der Waals surface area contributed by atoms with Crippen LogP contribution in [0.2, 0.25) is 0 Å². The first kappa shape index (κ1) is 20.4. The second-order valence-electron chi connectivity index (χ2n) is 6.68. The molecule has 0 N–H and O–H groups in total. The second kappa shape index (κ2) is 10.3. The van der Waals surface area contributed by atoms with Crippen LogP contribution < -0.4 is 0 Å². The number of nitrogens with zero attached hydrogens (tertiary/aromatic N) is 2. The summed E-state index contributed by atoms with van der Waals surface area (Å²) in [5, 5.41) is 6.95. The molecule has 0 heterocycles. The molecule has 0 aliphatic heterocycles. The predicted octanol–water partition coefficient (Wildman–Crippen LogP) is 5.38. The zero-order valence-corrected chi connectivity index (χ0v) is 17.5. The highest BCUT2D eigenvalue weighted by Crippen LogP contribution is 2.23.